The van der Waals surface area contributed by atoms with E-state index in [1.165, 1.54) is 12.1 Å². The van der Waals surface area contributed by atoms with Crippen molar-refractivity contribution >= 4 is 34.0 Å². The normalized spacial score (nSPS) is 16.4. The molecule has 1 unspecified atom stereocenters. The van der Waals surface area contributed by atoms with Gasteiger partial charge in [0.15, 0.2) is 0 Å². The summed E-state index contributed by atoms with van der Waals surface area (Å²) in [6.07, 6.45) is 1.77. The first-order valence-electron chi connectivity index (χ1n) is 8.78. The van der Waals surface area contributed by atoms with Crippen LogP contribution in [-0.4, -0.2) is 33.6 Å². The Kier molecular flexibility index (Phi) is 7.82. The topological polar surface area (TPSA) is 111 Å². The summed E-state index contributed by atoms with van der Waals surface area (Å²) in [7, 11) is -3.58. The van der Waals surface area contributed by atoms with E-state index >= 15 is 0 Å². The fraction of sp³-hybridized carbons (Fsp3) is 0.316. The standard InChI is InChI=1S/C19H23N3O4S.ClH/c20-18-6-2-1-5-17(18)19(23)21-12-14-7-9-16(10-8-14)27(24,25)22-13-15-4-3-11-26-15;/h1-2,5-10,15,22H,3-4,11-13,20H2,(H,21,23);1H. The largest absolute Gasteiger partial charge is 0.398 e. The van der Waals surface area contributed by atoms with Crippen LogP contribution in [0.2, 0.25) is 0 Å². The number of rotatable bonds is 7. The van der Waals surface area contributed by atoms with Gasteiger partial charge in [-0.15, -0.1) is 12.4 Å². The lowest BCUT2D eigenvalue weighted by Crippen LogP contribution is -2.31. The first-order valence-corrected chi connectivity index (χ1v) is 10.3. The molecule has 9 heteroatoms. The van der Waals surface area contributed by atoms with Gasteiger partial charge in [0.1, 0.15) is 0 Å². The van der Waals surface area contributed by atoms with Crippen molar-refractivity contribution in [3.63, 3.8) is 0 Å². The van der Waals surface area contributed by atoms with Gasteiger partial charge in [0.2, 0.25) is 10.0 Å². The molecule has 28 heavy (non-hydrogen) atoms. The second-order valence-corrected chi connectivity index (χ2v) is 8.17. The van der Waals surface area contributed by atoms with Gasteiger partial charge in [-0.1, -0.05) is 24.3 Å². The SMILES string of the molecule is Cl.Nc1ccccc1C(=O)NCc1ccc(S(=O)(=O)NCC2CCCO2)cc1. The maximum Gasteiger partial charge on any atom is 0.253 e. The molecule has 1 heterocycles. The van der Waals surface area contributed by atoms with E-state index in [0.29, 0.717) is 17.9 Å². The number of halogens is 1. The number of benzene rings is 2. The lowest BCUT2D eigenvalue weighted by Gasteiger charge is -2.12. The van der Waals surface area contributed by atoms with E-state index in [1.807, 2.05) is 0 Å². The van der Waals surface area contributed by atoms with E-state index < -0.39 is 10.0 Å². The molecule has 0 spiro atoms. The molecule has 1 saturated heterocycles. The predicted molar refractivity (Wildman–Crippen MR) is 110 cm³/mol. The summed E-state index contributed by atoms with van der Waals surface area (Å²) >= 11 is 0. The maximum absolute atomic E-state index is 12.3. The Labute approximate surface area is 171 Å². The van der Waals surface area contributed by atoms with E-state index in [2.05, 4.69) is 10.0 Å². The Morgan fingerprint density at radius 2 is 1.86 bits per heavy atom. The third-order valence-corrected chi connectivity index (χ3v) is 5.86. The van der Waals surface area contributed by atoms with Crippen molar-refractivity contribution in [2.45, 2.75) is 30.4 Å². The highest BCUT2D eigenvalue weighted by atomic mass is 35.5. The van der Waals surface area contributed by atoms with Crippen molar-refractivity contribution in [3.8, 4) is 0 Å². The van der Waals surface area contributed by atoms with Crippen molar-refractivity contribution in [2.24, 2.45) is 0 Å². The van der Waals surface area contributed by atoms with Gasteiger partial charge in [-0.2, -0.15) is 0 Å². The lowest BCUT2D eigenvalue weighted by atomic mass is 10.1. The third-order valence-electron chi connectivity index (χ3n) is 4.42. The molecule has 7 nitrogen and oxygen atoms in total. The molecule has 1 amide bonds. The molecule has 1 aliphatic rings. The van der Waals surface area contributed by atoms with E-state index in [9.17, 15) is 13.2 Å². The van der Waals surface area contributed by atoms with E-state index in [4.69, 9.17) is 10.5 Å². The quantitative estimate of drug-likeness (QED) is 0.588. The van der Waals surface area contributed by atoms with Gasteiger partial charge in [0.05, 0.1) is 16.6 Å². The summed E-state index contributed by atoms with van der Waals surface area (Å²) in [5.74, 6) is -0.275. The molecule has 2 aromatic carbocycles. The van der Waals surface area contributed by atoms with Crippen molar-refractivity contribution < 1.29 is 17.9 Å². The van der Waals surface area contributed by atoms with Crippen molar-refractivity contribution in [1.29, 1.82) is 0 Å². The summed E-state index contributed by atoms with van der Waals surface area (Å²) in [5.41, 5.74) is 7.40. The molecule has 0 aliphatic carbocycles. The van der Waals surface area contributed by atoms with E-state index in [0.717, 1.165) is 18.4 Å². The first kappa shape index (κ1) is 22.2. The molecule has 1 aliphatic heterocycles. The molecular weight excluding hydrogens is 402 g/mol. The number of hydrogen-bond donors (Lipinski definition) is 3. The Hall–Kier alpha value is -2.13. The molecule has 2 aromatic rings. The van der Waals surface area contributed by atoms with Gasteiger partial charge in [0, 0.05) is 25.4 Å². The average Bonchev–Trinajstić information content (AvgIpc) is 3.19. The third kappa shape index (κ3) is 5.68. The van der Waals surface area contributed by atoms with Crippen LogP contribution < -0.4 is 15.8 Å². The van der Waals surface area contributed by atoms with Crippen molar-refractivity contribution in [2.75, 3.05) is 18.9 Å². The molecule has 0 bridgehead atoms. The van der Waals surface area contributed by atoms with Crippen LogP contribution in [0.1, 0.15) is 28.8 Å². The smallest absolute Gasteiger partial charge is 0.253 e. The number of sulfonamides is 1. The number of nitrogens with two attached hydrogens (primary N) is 1. The molecule has 1 atom stereocenters. The van der Waals surface area contributed by atoms with Crippen molar-refractivity contribution in [1.82, 2.24) is 10.0 Å². The van der Waals surface area contributed by atoms with E-state index in [1.54, 1.807) is 36.4 Å². The highest BCUT2D eigenvalue weighted by Gasteiger charge is 2.20. The average molecular weight is 426 g/mol. The van der Waals surface area contributed by atoms with Gasteiger partial charge >= 0.3 is 0 Å². The zero-order chi connectivity index (χ0) is 19.3. The number of hydrogen-bond acceptors (Lipinski definition) is 5. The van der Waals surface area contributed by atoms with E-state index in [-0.39, 0.29) is 42.4 Å². The number of anilines is 1. The zero-order valence-electron chi connectivity index (χ0n) is 15.3. The Morgan fingerprint density at radius 3 is 2.50 bits per heavy atom. The van der Waals surface area contributed by atoms with Gasteiger partial charge in [-0.3, -0.25) is 4.79 Å². The number of para-hydroxylation sites is 1. The maximum atomic E-state index is 12.3. The van der Waals surface area contributed by atoms with Crippen LogP contribution in [0.5, 0.6) is 0 Å². The van der Waals surface area contributed by atoms with Crippen molar-refractivity contribution in [3.05, 3.63) is 59.7 Å². The molecule has 152 valence electrons. The molecular formula is C19H24ClN3O4S. The predicted octanol–water partition coefficient (Wildman–Crippen LogP) is 2.08. The lowest BCUT2D eigenvalue weighted by molar-refractivity contribution is 0.0951. The van der Waals surface area contributed by atoms with Crippen LogP contribution in [0, 0.1) is 0 Å². The van der Waals surface area contributed by atoms with Gasteiger partial charge < -0.3 is 15.8 Å². The minimum atomic E-state index is -3.58. The Balaban J connectivity index is 0.00000280. The minimum absolute atomic E-state index is 0. The Morgan fingerprint density at radius 1 is 1.14 bits per heavy atom. The fourth-order valence-electron chi connectivity index (χ4n) is 2.86. The summed E-state index contributed by atoms with van der Waals surface area (Å²) in [6.45, 7) is 1.23. The minimum Gasteiger partial charge on any atom is -0.398 e. The second-order valence-electron chi connectivity index (χ2n) is 6.40. The fourth-order valence-corrected chi connectivity index (χ4v) is 3.93. The second kappa shape index (κ2) is 9.88. The van der Waals surface area contributed by atoms with Crippen LogP contribution >= 0.6 is 12.4 Å². The van der Waals surface area contributed by atoms with Crippen LogP contribution in [0.25, 0.3) is 0 Å². The monoisotopic (exact) mass is 425 g/mol. The number of carbonyl (C=O) groups is 1. The summed E-state index contributed by atoms with van der Waals surface area (Å²) in [5, 5.41) is 2.78. The number of ether oxygens (including phenoxy) is 1. The highest BCUT2D eigenvalue weighted by Crippen LogP contribution is 2.15. The van der Waals surface area contributed by atoms with Gasteiger partial charge in [0.25, 0.3) is 5.91 Å². The molecule has 0 aromatic heterocycles. The zero-order valence-corrected chi connectivity index (χ0v) is 16.9. The number of nitrogens with one attached hydrogen (secondary N) is 2. The molecule has 0 saturated carbocycles. The summed E-state index contributed by atoms with van der Waals surface area (Å²) in [6, 6.07) is 13.2. The molecule has 0 radical (unpaired) electrons. The van der Waals surface area contributed by atoms with Crippen LogP contribution in [0.3, 0.4) is 0 Å². The Bertz CT molecular complexity index is 898. The van der Waals surface area contributed by atoms with Gasteiger partial charge in [-0.25, -0.2) is 13.1 Å². The molecule has 1 fully saturated rings. The highest BCUT2D eigenvalue weighted by molar-refractivity contribution is 7.89. The number of carbonyl (C=O) groups excluding carboxylic acids is 1. The van der Waals surface area contributed by atoms with Crippen LogP contribution in [0.15, 0.2) is 53.4 Å². The summed E-state index contributed by atoms with van der Waals surface area (Å²) < 4.78 is 32.7. The number of nitrogen functional groups attached to an aromatic ring is 1. The first-order chi connectivity index (χ1) is 13.0. The van der Waals surface area contributed by atoms with Gasteiger partial charge in [-0.05, 0) is 42.7 Å². The molecule has 4 N–H and O–H groups in total. The summed E-state index contributed by atoms with van der Waals surface area (Å²) in [4.78, 5) is 12.4. The van der Waals surface area contributed by atoms with Crippen LogP contribution in [0.4, 0.5) is 5.69 Å². The number of amides is 1. The molecule has 3 rings (SSSR count). The van der Waals surface area contributed by atoms with Crippen LogP contribution in [-0.2, 0) is 21.3 Å².